The van der Waals surface area contributed by atoms with Gasteiger partial charge in [0.2, 0.25) is 11.8 Å². The lowest BCUT2D eigenvalue weighted by atomic mass is 9.94. The minimum absolute atomic E-state index is 0.0649. The molecule has 0 aromatic heterocycles. The van der Waals surface area contributed by atoms with Crippen molar-refractivity contribution in [3.8, 4) is 0 Å². The molecule has 0 aliphatic carbocycles. The Hall–Kier alpha value is -1.73. The Morgan fingerprint density at radius 2 is 1.38 bits per heavy atom. The lowest BCUT2D eigenvalue weighted by molar-refractivity contribution is -0.132. The van der Waals surface area contributed by atoms with E-state index in [2.05, 4.69) is 23.8 Å². The van der Waals surface area contributed by atoms with Crippen molar-refractivity contribution >= 4 is 41.1 Å². The normalized spacial score (nSPS) is 19.7. The predicted molar refractivity (Wildman–Crippen MR) is 101 cm³/mol. The van der Waals surface area contributed by atoms with Crippen molar-refractivity contribution in [2.24, 2.45) is 11.8 Å². The Morgan fingerprint density at radius 3 is 1.69 bits per heavy atom. The second kappa shape index (κ2) is 9.28. The summed E-state index contributed by atoms with van der Waals surface area (Å²) in [4.78, 5) is 38.5. The van der Waals surface area contributed by atoms with E-state index in [0.29, 0.717) is 0 Å². The summed E-state index contributed by atoms with van der Waals surface area (Å²) in [7, 11) is 0. The topological polar surface area (TPSA) is 87.7 Å². The molecule has 146 valence electrons. The maximum Gasteiger partial charge on any atom is 0.410 e. The zero-order chi connectivity index (χ0) is 20.1. The molecule has 0 unspecified atom stereocenters. The molecule has 1 saturated heterocycles. The number of hydrogen-bond acceptors (Lipinski definition) is 4. The first-order valence-corrected chi connectivity index (χ1v) is 8.86. The van der Waals surface area contributed by atoms with Gasteiger partial charge < -0.3 is 20.3 Å². The summed E-state index contributed by atoms with van der Waals surface area (Å²) < 4.78 is 5.33. The highest BCUT2D eigenvalue weighted by Gasteiger charge is 2.44. The zero-order valence-corrected chi connectivity index (χ0v) is 16.7. The van der Waals surface area contributed by atoms with Crippen molar-refractivity contribution < 1.29 is 19.1 Å². The molecular formula is C17H25Cl2N3O4. The van der Waals surface area contributed by atoms with Crippen LogP contribution in [0, 0.1) is 11.8 Å². The highest BCUT2D eigenvalue weighted by molar-refractivity contribution is 6.29. The Labute approximate surface area is 163 Å². The number of halogens is 2. The molecule has 3 amide bonds. The average molecular weight is 406 g/mol. The molecule has 26 heavy (non-hydrogen) atoms. The third-order valence-electron chi connectivity index (χ3n) is 3.55. The third-order valence-corrected chi connectivity index (χ3v) is 3.82. The highest BCUT2D eigenvalue weighted by Crippen LogP contribution is 2.26. The second-order valence-corrected chi connectivity index (χ2v) is 8.14. The van der Waals surface area contributed by atoms with Crippen molar-refractivity contribution in [3.05, 3.63) is 23.2 Å². The maximum absolute atomic E-state index is 12.4. The molecule has 0 bridgehead atoms. The summed E-state index contributed by atoms with van der Waals surface area (Å²) in [5.74, 6) is -2.24. The maximum atomic E-state index is 12.4. The van der Waals surface area contributed by atoms with Gasteiger partial charge in [-0.2, -0.15) is 0 Å². The van der Waals surface area contributed by atoms with Gasteiger partial charge in [-0.15, -0.1) is 0 Å². The first-order chi connectivity index (χ1) is 11.9. The van der Waals surface area contributed by atoms with E-state index in [1.807, 2.05) is 0 Å². The van der Waals surface area contributed by atoms with E-state index in [1.165, 1.54) is 4.90 Å². The minimum Gasteiger partial charge on any atom is -0.444 e. The number of carbonyl (C=O) groups excluding carboxylic acids is 3. The van der Waals surface area contributed by atoms with Gasteiger partial charge in [0.1, 0.15) is 5.60 Å². The van der Waals surface area contributed by atoms with Crippen LogP contribution in [0.25, 0.3) is 0 Å². The fraction of sp³-hybridized carbons (Fsp3) is 0.588. The quantitative estimate of drug-likeness (QED) is 0.708. The fourth-order valence-electron chi connectivity index (χ4n) is 2.44. The molecule has 0 saturated carbocycles. The van der Waals surface area contributed by atoms with Crippen LogP contribution in [0.2, 0.25) is 0 Å². The van der Waals surface area contributed by atoms with Gasteiger partial charge in [0.15, 0.2) is 0 Å². The van der Waals surface area contributed by atoms with Gasteiger partial charge >= 0.3 is 6.09 Å². The number of ether oxygens (including phenoxy) is 1. The summed E-state index contributed by atoms with van der Waals surface area (Å²) >= 11 is 11.3. The van der Waals surface area contributed by atoms with Crippen LogP contribution < -0.4 is 10.6 Å². The summed E-state index contributed by atoms with van der Waals surface area (Å²) in [5.41, 5.74) is -0.679. The largest absolute Gasteiger partial charge is 0.444 e. The van der Waals surface area contributed by atoms with Gasteiger partial charge in [0, 0.05) is 23.2 Å². The molecule has 9 heteroatoms. The Bertz CT molecular complexity index is 563. The van der Waals surface area contributed by atoms with Crippen molar-refractivity contribution in [1.82, 2.24) is 15.5 Å². The molecule has 1 heterocycles. The van der Waals surface area contributed by atoms with Crippen LogP contribution >= 0.6 is 23.2 Å². The van der Waals surface area contributed by atoms with Crippen molar-refractivity contribution in [2.45, 2.75) is 26.4 Å². The predicted octanol–water partition coefficient (Wildman–Crippen LogP) is 2.21. The first-order valence-electron chi connectivity index (χ1n) is 8.10. The van der Waals surface area contributed by atoms with E-state index in [4.69, 9.17) is 27.9 Å². The van der Waals surface area contributed by atoms with Crippen molar-refractivity contribution in [2.75, 3.05) is 26.2 Å². The van der Waals surface area contributed by atoms with Crippen LogP contribution in [0.15, 0.2) is 23.2 Å². The standard InChI is InChI=1S/C17H25Cl2N3O4/c1-10(18)6-20-14(23)12-8-22(16(25)26-17(3,4)5)9-13(12)15(24)21-7-11(2)19/h12-13H,1-2,6-9H2,3-5H3,(H,20,23)(H,21,24)/t12-,13-/m0/s1. The number of nitrogens with zero attached hydrogens (tertiary/aromatic N) is 1. The number of carbonyl (C=O) groups is 3. The molecule has 7 nitrogen and oxygen atoms in total. The van der Waals surface area contributed by atoms with E-state index in [1.54, 1.807) is 20.8 Å². The molecule has 1 aliphatic heterocycles. The van der Waals surface area contributed by atoms with Gasteiger partial charge in [-0.3, -0.25) is 9.59 Å². The summed E-state index contributed by atoms with van der Waals surface area (Å²) in [6, 6.07) is 0. The molecule has 0 spiro atoms. The molecule has 2 atom stereocenters. The first kappa shape index (κ1) is 22.3. The van der Waals surface area contributed by atoms with Crippen LogP contribution in [-0.4, -0.2) is 54.6 Å². The Balaban J connectivity index is 2.88. The van der Waals surface area contributed by atoms with Gasteiger partial charge in [-0.05, 0) is 20.8 Å². The molecule has 0 radical (unpaired) electrons. The van der Waals surface area contributed by atoms with Crippen LogP contribution in [0.3, 0.4) is 0 Å². The van der Waals surface area contributed by atoms with Crippen LogP contribution in [0.5, 0.6) is 0 Å². The molecule has 0 aromatic rings. The highest BCUT2D eigenvalue weighted by atomic mass is 35.5. The number of likely N-dealkylation sites (tertiary alicyclic amines) is 1. The molecule has 1 aliphatic rings. The molecule has 1 rings (SSSR count). The smallest absolute Gasteiger partial charge is 0.410 e. The van der Waals surface area contributed by atoms with Gasteiger partial charge in [-0.1, -0.05) is 36.4 Å². The van der Waals surface area contributed by atoms with E-state index < -0.39 is 23.5 Å². The van der Waals surface area contributed by atoms with E-state index in [0.717, 1.165) is 0 Å². The number of rotatable bonds is 6. The lowest BCUT2D eigenvalue weighted by Gasteiger charge is -2.24. The molecule has 0 aromatic carbocycles. The molecule has 2 N–H and O–H groups in total. The van der Waals surface area contributed by atoms with Gasteiger partial charge in [0.05, 0.1) is 24.9 Å². The second-order valence-electron chi connectivity index (χ2n) is 7.07. The van der Waals surface area contributed by atoms with Crippen molar-refractivity contribution in [3.63, 3.8) is 0 Å². The zero-order valence-electron chi connectivity index (χ0n) is 15.2. The summed E-state index contributed by atoms with van der Waals surface area (Å²) in [6.07, 6.45) is -0.575. The fourth-order valence-corrected chi connectivity index (χ4v) is 2.57. The van der Waals surface area contributed by atoms with E-state index in [-0.39, 0.29) is 48.1 Å². The molecular weight excluding hydrogens is 381 g/mol. The number of nitrogens with one attached hydrogen (secondary N) is 2. The summed E-state index contributed by atoms with van der Waals surface area (Å²) in [6.45, 7) is 12.5. The van der Waals surface area contributed by atoms with Gasteiger partial charge in [-0.25, -0.2) is 4.79 Å². The Kier molecular flexibility index (Phi) is 7.96. The van der Waals surface area contributed by atoms with Crippen LogP contribution in [0.4, 0.5) is 4.79 Å². The molecule has 1 fully saturated rings. The lowest BCUT2D eigenvalue weighted by Crippen LogP contribution is -2.42. The number of hydrogen-bond donors (Lipinski definition) is 2. The SMILES string of the molecule is C=C(Cl)CNC(=O)[C@H]1CN(C(=O)OC(C)(C)C)C[C@@H]1C(=O)NCC(=C)Cl. The van der Waals surface area contributed by atoms with E-state index in [9.17, 15) is 14.4 Å². The number of amides is 3. The monoisotopic (exact) mass is 405 g/mol. The third kappa shape index (κ3) is 7.25. The minimum atomic E-state index is -0.734. The van der Waals surface area contributed by atoms with E-state index >= 15 is 0 Å². The van der Waals surface area contributed by atoms with Crippen molar-refractivity contribution in [1.29, 1.82) is 0 Å². The average Bonchev–Trinajstić information content (AvgIpc) is 2.94. The van der Waals surface area contributed by atoms with Gasteiger partial charge in [0.25, 0.3) is 0 Å². The van der Waals surface area contributed by atoms with Crippen LogP contribution in [0.1, 0.15) is 20.8 Å². The Morgan fingerprint density at radius 1 is 1.00 bits per heavy atom. The van der Waals surface area contributed by atoms with Crippen LogP contribution in [-0.2, 0) is 14.3 Å². The summed E-state index contributed by atoms with van der Waals surface area (Å²) in [5, 5.41) is 5.74.